The number of hydrogen-bond acceptors (Lipinski definition) is 4. The highest BCUT2D eigenvalue weighted by molar-refractivity contribution is 5.94. The first-order valence-electron chi connectivity index (χ1n) is 8.57. The summed E-state index contributed by atoms with van der Waals surface area (Å²) in [5.41, 5.74) is 1.73. The number of carbonyl (C=O) groups is 1. The summed E-state index contributed by atoms with van der Waals surface area (Å²) in [5, 5.41) is 7.50. The highest BCUT2D eigenvalue weighted by Crippen LogP contribution is 2.31. The van der Waals surface area contributed by atoms with Crippen LogP contribution in [0.3, 0.4) is 0 Å². The summed E-state index contributed by atoms with van der Waals surface area (Å²) in [4.78, 5) is 19.3. The molecule has 24 heavy (non-hydrogen) atoms. The van der Waals surface area contributed by atoms with Gasteiger partial charge in [-0.2, -0.15) is 5.10 Å². The Morgan fingerprint density at radius 3 is 2.75 bits per heavy atom. The molecule has 0 aliphatic carbocycles. The van der Waals surface area contributed by atoms with Crippen molar-refractivity contribution in [1.29, 1.82) is 0 Å². The molecular weight excluding hydrogens is 302 g/mol. The number of nitrogens with one attached hydrogen (secondary N) is 1. The Hall–Kier alpha value is -2.37. The number of likely N-dealkylation sites (tertiary alicyclic amines) is 1. The molecule has 3 heterocycles. The van der Waals surface area contributed by atoms with Crippen molar-refractivity contribution in [2.75, 3.05) is 11.9 Å². The maximum absolute atomic E-state index is 13.0. The van der Waals surface area contributed by atoms with Gasteiger partial charge in [0.25, 0.3) is 5.91 Å². The standard InChI is InChI=1S/C18H25N5O/c1-13(2)21-17-8-7-14(12-19-17)18(24)23-11-5-4-6-16(23)15-9-10-20-22(15)3/h7-10,12-13,16H,4-6,11H2,1-3H3,(H,19,21). The van der Waals surface area contributed by atoms with Gasteiger partial charge in [-0.15, -0.1) is 0 Å². The molecule has 1 N–H and O–H groups in total. The zero-order valence-electron chi connectivity index (χ0n) is 14.6. The third kappa shape index (κ3) is 3.42. The first kappa shape index (κ1) is 16.5. The van der Waals surface area contributed by atoms with Crippen molar-refractivity contribution in [3.63, 3.8) is 0 Å². The zero-order chi connectivity index (χ0) is 17.1. The molecule has 0 aromatic carbocycles. The van der Waals surface area contributed by atoms with Gasteiger partial charge in [-0.3, -0.25) is 9.48 Å². The van der Waals surface area contributed by atoms with Gasteiger partial charge < -0.3 is 10.2 Å². The van der Waals surface area contributed by atoms with Crippen LogP contribution in [0, 0.1) is 0 Å². The lowest BCUT2D eigenvalue weighted by Gasteiger charge is -2.35. The minimum absolute atomic E-state index is 0.0458. The van der Waals surface area contributed by atoms with Crippen LogP contribution in [0.25, 0.3) is 0 Å². The highest BCUT2D eigenvalue weighted by Gasteiger charge is 2.30. The first-order chi connectivity index (χ1) is 11.6. The Kier molecular flexibility index (Phi) is 4.83. The number of aryl methyl sites for hydroxylation is 1. The number of hydrogen-bond donors (Lipinski definition) is 1. The van der Waals surface area contributed by atoms with Crippen molar-refractivity contribution >= 4 is 11.7 Å². The maximum atomic E-state index is 13.0. The molecule has 1 aliphatic heterocycles. The molecule has 6 nitrogen and oxygen atoms in total. The number of nitrogens with zero attached hydrogens (tertiary/aromatic N) is 4. The molecular formula is C18H25N5O. The molecule has 128 valence electrons. The van der Waals surface area contributed by atoms with E-state index in [1.807, 2.05) is 34.8 Å². The second-order valence-corrected chi connectivity index (χ2v) is 6.62. The Bertz CT molecular complexity index is 692. The largest absolute Gasteiger partial charge is 0.368 e. The monoisotopic (exact) mass is 327 g/mol. The van der Waals surface area contributed by atoms with Crippen LogP contribution in [0.1, 0.15) is 55.2 Å². The lowest BCUT2D eigenvalue weighted by molar-refractivity contribution is 0.0601. The van der Waals surface area contributed by atoms with E-state index in [2.05, 4.69) is 29.2 Å². The van der Waals surface area contributed by atoms with E-state index in [0.29, 0.717) is 11.6 Å². The van der Waals surface area contributed by atoms with Gasteiger partial charge in [-0.05, 0) is 51.3 Å². The lowest BCUT2D eigenvalue weighted by Crippen LogP contribution is -2.39. The molecule has 3 rings (SSSR count). The molecule has 0 bridgehead atoms. The molecule has 0 spiro atoms. The Labute approximate surface area is 142 Å². The molecule has 6 heteroatoms. The third-order valence-electron chi connectivity index (χ3n) is 4.41. The van der Waals surface area contributed by atoms with E-state index < -0.39 is 0 Å². The summed E-state index contributed by atoms with van der Waals surface area (Å²) < 4.78 is 1.87. The number of anilines is 1. The van der Waals surface area contributed by atoms with Gasteiger partial charge in [0.1, 0.15) is 5.82 Å². The molecule has 1 aliphatic rings. The van der Waals surface area contributed by atoms with Gasteiger partial charge in [0.15, 0.2) is 0 Å². The van der Waals surface area contributed by atoms with Crippen LogP contribution < -0.4 is 5.32 Å². The van der Waals surface area contributed by atoms with Gasteiger partial charge in [-0.1, -0.05) is 0 Å². The van der Waals surface area contributed by atoms with Crippen LogP contribution in [0.2, 0.25) is 0 Å². The van der Waals surface area contributed by atoms with Crippen LogP contribution in [-0.4, -0.2) is 38.2 Å². The predicted octanol–water partition coefficient (Wildman–Crippen LogP) is 3.00. The third-order valence-corrected chi connectivity index (χ3v) is 4.41. The first-order valence-corrected chi connectivity index (χ1v) is 8.57. The molecule has 1 amide bonds. The van der Waals surface area contributed by atoms with Crippen LogP contribution in [0.15, 0.2) is 30.6 Å². The van der Waals surface area contributed by atoms with Crippen molar-refractivity contribution in [3.05, 3.63) is 41.9 Å². The smallest absolute Gasteiger partial charge is 0.255 e. The average molecular weight is 327 g/mol. The van der Waals surface area contributed by atoms with Crippen molar-refractivity contribution in [3.8, 4) is 0 Å². The summed E-state index contributed by atoms with van der Waals surface area (Å²) >= 11 is 0. The molecule has 2 aromatic heterocycles. The second-order valence-electron chi connectivity index (χ2n) is 6.62. The van der Waals surface area contributed by atoms with Crippen LogP contribution in [-0.2, 0) is 7.05 Å². The molecule has 0 saturated carbocycles. The lowest BCUT2D eigenvalue weighted by atomic mass is 9.98. The van der Waals surface area contributed by atoms with E-state index in [-0.39, 0.29) is 11.9 Å². The Morgan fingerprint density at radius 1 is 1.29 bits per heavy atom. The number of piperidine rings is 1. The normalized spacial score (nSPS) is 18.0. The van der Waals surface area contributed by atoms with Gasteiger partial charge in [-0.25, -0.2) is 4.98 Å². The van der Waals surface area contributed by atoms with E-state index in [0.717, 1.165) is 37.3 Å². The number of aromatic nitrogens is 3. The number of carbonyl (C=O) groups excluding carboxylic acids is 1. The topological polar surface area (TPSA) is 63.1 Å². The summed E-state index contributed by atoms with van der Waals surface area (Å²) in [6.45, 7) is 4.90. The van der Waals surface area contributed by atoms with E-state index in [1.165, 1.54) is 0 Å². The number of pyridine rings is 1. The van der Waals surface area contributed by atoms with Crippen LogP contribution >= 0.6 is 0 Å². The van der Waals surface area contributed by atoms with Gasteiger partial charge in [0.05, 0.1) is 17.3 Å². The molecule has 2 aromatic rings. The molecule has 1 fully saturated rings. The van der Waals surface area contributed by atoms with E-state index in [4.69, 9.17) is 0 Å². The Balaban J connectivity index is 1.80. The summed E-state index contributed by atoms with van der Waals surface area (Å²) in [6.07, 6.45) is 6.61. The summed E-state index contributed by atoms with van der Waals surface area (Å²) in [6, 6.07) is 6.14. The Morgan fingerprint density at radius 2 is 2.12 bits per heavy atom. The van der Waals surface area contributed by atoms with Crippen molar-refractivity contribution in [2.24, 2.45) is 7.05 Å². The maximum Gasteiger partial charge on any atom is 0.255 e. The fourth-order valence-electron chi connectivity index (χ4n) is 3.26. The second kappa shape index (κ2) is 7.03. The fourth-order valence-corrected chi connectivity index (χ4v) is 3.26. The van der Waals surface area contributed by atoms with Crippen LogP contribution in [0.4, 0.5) is 5.82 Å². The van der Waals surface area contributed by atoms with Gasteiger partial charge in [0.2, 0.25) is 0 Å². The van der Waals surface area contributed by atoms with Gasteiger partial charge >= 0.3 is 0 Å². The minimum atomic E-state index is 0.0458. The summed E-state index contributed by atoms with van der Waals surface area (Å²) in [7, 11) is 1.93. The molecule has 0 radical (unpaired) electrons. The minimum Gasteiger partial charge on any atom is -0.368 e. The zero-order valence-corrected chi connectivity index (χ0v) is 14.6. The summed E-state index contributed by atoms with van der Waals surface area (Å²) in [5.74, 6) is 0.841. The van der Waals surface area contributed by atoms with Crippen LogP contribution in [0.5, 0.6) is 0 Å². The number of rotatable bonds is 4. The van der Waals surface area contributed by atoms with E-state index in [1.54, 1.807) is 12.4 Å². The van der Waals surface area contributed by atoms with Gasteiger partial charge in [0, 0.05) is 32.0 Å². The fraction of sp³-hybridized carbons (Fsp3) is 0.500. The van der Waals surface area contributed by atoms with E-state index >= 15 is 0 Å². The predicted molar refractivity (Wildman–Crippen MR) is 93.8 cm³/mol. The number of amides is 1. The SMILES string of the molecule is CC(C)Nc1ccc(C(=O)N2CCCCC2c2ccnn2C)cn1. The molecule has 1 unspecified atom stereocenters. The average Bonchev–Trinajstić information content (AvgIpc) is 3.00. The van der Waals surface area contributed by atoms with Crippen molar-refractivity contribution in [1.82, 2.24) is 19.7 Å². The quantitative estimate of drug-likeness (QED) is 0.937. The molecule has 1 saturated heterocycles. The molecule has 1 atom stereocenters. The van der Waals surface area contributed by atoms with Crippen molar-refractivity contribution in [2.45, 2.75) is 45.2 Å². The van der Waals surface area contributed by atoms with E-state index in [9.17, 15) is 4.79 Å². The highest BCUT2D eigenvalue weighted by atomic mass is 16.2. The van der Waals surface area contributed by atoms with Crippen molar-refractivity contribution < 1.29 is 4.79 Å².